The highest BCUT2D eigenvalue weighted by molar-refractivity contribution is 6.30. The molecule has 1 N–H and O–H groups in total. The molecule has 2 atom stereocenters. The number of methoxy groups -OCH3 is 1. The van der Waals surface area contributed by atoms with Gasteiger partial charge in [-0.05, 0) is 55.5 Å². The van der Waals surface area contributed by atoms with Gasteiger partial charge in [0.15, 0.2) is 0 Å². The Morgan fingerprint density at radius 3 is 2.60 bits per heavy atom. The molecule has 0 aliphatic rings. The lowest BCUT2D eigenvalue weighted by atomic mass is 9.91. The number of nitrogens with one attached hydrogen (secondary N) is 1. The zero-order valence-corrected chi connectivity index (χ0v) is 14.0. The van der Waals surface area contributed by atoms with Crippen LogP contribution in [0.2, 0.25) is 5.02 Å². The fourth-order valence-electron chi connectivity index (χ4n) is 2.60. The minimum atomic E-state index is 0.474. The molecule has 0 fully saturated rings. The normalized spacial score (nSPS) is 14.1. The first kappa shape index (κ1) is 17.3. The van der Waals surface area contributed by atoms with E-state index in [1.54, 1.807) is 7.11 Å². The van der Waals surface area contributed by atoms with Gasteiger partial charge in [0.2, 0.25) is 0 Å². The third kappa shape index (κ3) is 5.34. The summed E-state index contributed by atoms with van der Waals surface area (Å²) in [5.74, 6) is 1.58. The Hall–Kier alpha value is -0.730. The smallest absolute Gasteiger partial charge is 0.122 e. The van der Waals surface area contributed by atoms with E-state index in [1.165, 1.54) is 18.4 Å². The van der Waals surface area contributed by atoms with Gasteiger partial charge in [-0.15, -0.1) is 0 Å². The number of rotatable bonds is 9. The maximum absolute atomic E-state index is 6.13. The van der Waals surface area contributed by atoms with Gasteiger partial charge in [0, 0.05) is 11.1 Å². The molecule has 0 radical (unpaired) electrons. The molecule has 1 aromatic rings. The van der Waals surface area contributed by atoms with Gasteiger partial charge >= 0.3 is 0 Å². The largest absolute Gasteiger partial charge is 0.496 e. The van der Waals surface area contributed by atoms with Crippen molar-refractivity contribution in [3.05, 3.63) is 28.8 Å². The topological polar surface area (TPSA) is 21.3 Å². The summed E-state index contributed by atoms with van der Waals surface area (Å²) in [6.07, 6.45) is 4.58. The molecule has 20 heavy (non-hydrogen) atoms. The van der Waals surface area contributed by atoms with E-state index in [2.05, 4.69) is 26.1 Å². The number of hydrogen-bond donors (Lipinski definition) is 1. The summed E-state index contributed by atoms with van der Waals surface area (Å²) in [6, 6.07) is 6.34. The first-order chi connectivity index (χ1) is 9.62. The van der Waals surface area contributed by atoms with Gasteiger partial charge in [-0.2, -0.15) is 0 Å². The van der Waals surface area contributed by atoms with E-state index in [0.29, 0.717) is 12.0 Å². The Morgan fingerprint density at radius 2 is 2.00 bits per heavy atom. The van der Waals surface area contributed by atoms with Gasteiger partial charge in [0.25, 0.3) is 0 Å². The second-order valence-corrected chi connectivity index (χ2v) is 5.92. The van der Waals surface area contributed by atoms with Crippen molar-refractivity contribution in [3.8, 4) is 5.75 Å². The highest BCUT2D eigenvalue weighted by atomic mass is 35.5. The lowest BCUT2D eigenvalue weighted by Gasteiger charge is -2.26. The molecule has 2 nitrogen and oxygen atoms in total. The maximum atomic E-state index is 6.13. The molecule has 1 rings (SSSR count). The molecule has 1 aromatic carbocycles. The molecule has 0 aromatic heterocycles. The molecular formula is C17H28ClNO. The first-order valence-corrected chi connectivity index (χ1v) is 8.05. The fourth-order valence-corrected chi connectivity index (χ4v) is 2.80. The third-order valence-electron chi connectivity index (χ3n) is 3.77. The second-order valence-electron chi connectivity index (χ2n) is 5.49. The molecule has 0 bridgehead atoms. The van der Waals surface area contributed by atoms with Gasteiger partial charge in [-0.3, -0.25) is 0 Å². The molecule has 3 heteroatoms. The highest BCUT2D eigenvalue weighted by Gasteiger charge is 2.18. The van der Waals surface area contributed by atoms with Crippen LogP contribution in [0.4, 0.5) is 0 Å². The van der Waals surface area contributed by atoms with Crippen molar-refractivity contribution in [2.75, 3.05) is 13.7 Å². The van der Waals surface area contributed by atoms with Crippen molar-refractivity contribution in [2.45, 2.75) is 52.5 Å². The Balaban J connectivity index is 2.84. The van der Waals surface area contributed by atoms with Gasteiger partial charge in [-0.25, -0.2) is 0 Å². The monoisotopic (exact) mass is 297 g/mol. The molecule has 2 unspecified atom stereocenters. The number of benzene rings is 1. The highest BCUT2D eigenvalue weighted by Crippen LogP contribution is 2.26. The minimum absolute atomic E-state index is 0.474. The maximum Gasteiger partial charge on any atom is 0.122 e. The first-order valence-electron chi connectivity index (χ1n) is 7.68. The van der Waals surface area contributed by atoms with Gasteiger partial charge in [0.1, 0.15) is 5.75 Å². The summed E-state index contributed by atoms with van der Waals surface area (Å²) in [5.41, 5.74) is 1.19. The predicted octanol–water partition coefficient (Wildman–Crippen LogP) is 4.70. The summed E-state index contributed by atoms with van der Waals surface area (Å²) in [7, 11) is 1.72. The second kappa shape index (κ2) is 9.25. The zero-order chi connectivity index (χ0) is 15.0. The fraction of sp³-hybridized carbons (Fsp3) is 0.647. The predicted molar refractivity (Wildman–Crippen MR) is 87.9 cm³/mol. The SMILES string of the molecule is CCCNC(Cc1cc(Cl)ccc1OC)C(C)CCC. The summed E-state index contributed by atoms with van der Waals surface area (Å²) < 4.78 is 5.46. The van der Waals surface area contributed by atoms with Crippen molar-refractivity contribution >= 4 is 11.6 Å². The lowest BCUT2D eigenvalue weighted by Crippen LogP contribution is -2.37. The van der Waals surface area contributed by atoms with E-state index in [9.17, 15) is 0 Å². The van der Waals surface area contributed by atoms with Crippen LogP contribution in [-0.4, -0.2) is 19.7 Å². The van der Waals surface area contributed by atoms with Crippen LogP contribution in [0.25, 0.3) is 0 Å². The summed E-state index contributed by atoms with van der Waals surface area (Å²) >= 11 is 6.13. The summed E-state index contributed by atoms with van der Waals surface area (Å²) in [4.78, 5) is 0. The van der Waals surface area contributed by atoms with Crippen LogP contribution in [-0.2, 0) is 6.42 Å². The minimum Gasteiger partial charge on any atom is -0.496 e. The van der Waals surface area contributed by atoms with Crippen molar-refractivity contribution < 1.29 is 4.74 Å². The van der Waals surface area contributed by atoms with Crippen molar-refractivity contribution in [1.29, 1.82) is 0 Å². The molecule has 0 saturated carbocycles. The molecule has 0 aliphatic carbocycles. The van der Waals surface area contributed by atoms with Crippen LogP contribution < -0.4 is 10.1 Å². The molecule has 0 aliphatic heterocycles. The van der Waals surface area contributed by atoms with E-state index in [1.807, 2.05) is 18.2 Å². The Labute approximate surface area is 128 Å². The van der Waals surface area contributed by atoms with Crippen LogP contribution in [0.1, 0.15) is 45.6 Å². The van der Waals surface area contributed by atoms with E-state index < -0.39 is 0 Å². The van der Waals surface area contributed by atoms with Crippen molar-refractivity contribution in [1.82, 2.24) is 5.32 Å². The molecule has 114 valence electrons. The molecule has 0 amide bonds. The molecule has 0 heterocycles. The molecular weight excluding hydrogens is 270 g/mol. The Morgan fingerprint density at radius 1 is 1.25 bits per heavy atom. The van der Waals surface area contributed by atoms with E-state index >= 15 is 0 Å². The van der Waals surface area contributed by atoms with Crippen LogP contribution in [0, 0.1) is 5.92 Å². The van der Waals surface area contributed by atoms with E-state index in [0.717, 1.165) is 30.2 Å². The molecule has 0 spiro atoms. The quantitative estimate of drug-likeness (QED) is 0.713. The Bertz CT molecular complexity index is 395. The number of ether oxygens (including phenoxy) is 1. The van der Waals surface area contributed by atoms with Crippen LogP contribution >= 0.6 is 11.6 Å². The number of halogens is 1. The van der Waals surface area contributed by atoms with E-state index in [4.69, 9.17) is 16.3 Å². The number of hydrogen-bond acceptors (Lipinski definition) is 2. The third-order valence-corrected chi connectivity index (χ3v) is 4.00. The lowest BCUT2D eigenvalue weighted by molar-refractivity contribution is 0.345. The zero-order valence-electron chi connectivity index (χ0n) is 13.2. The summed E-state index contributed by atoms with van der Waals surface area (Å²) in [6.45, 7) is 7.83. The van der Waals surface area contributed by atoms with Crippen molar-refractivity contribution in [2.24, 2.45) is 5.92 Å². The average Bonchev–Trinajstić information content (AvgIpc) is 2.43. The Kier molecular flexibility index (Phi) is 8.01. The van der Waals surface area contributed by atoms with Crippen molar-refractivity contribution in [3.63, 3.8) is 0 Å². The van der Waals surface area contributed by atoms with Crippen LogP contribution in [0.5, 0.6) is 5.75 Å². The van der Waals surface area contributed by atoms with Crippen LogP contribution in [0.3, 0.4) is 0 Å². The van der Waals surface area contributed by atoms with E-state index in [-0.39, 0.29) is 0 Å². The molecule has 0 saturated heterocycles. The van der Waals surface area contributed by atoms with Gasteiger partial charge in [-0.1, -0.05) is 38.8 Å². The van der Waals surface area contributed by atoms with Gasteiger partial charge in [0.05, 0.1) is 7.11 Å². The summed E-state index contributed by atoms with van der Waals surface area (Å²) in [5, 5.41) is 4.45. The van der Waals surface area contributed by atoms with Crippen LogP contribution in [0.15, 0.2) is 18.2 Å². The van der Waals surface area contributed by atoms with Gasteiger partial charge < -0.3 is 10.1 Å². The average molecular weight is 298 g/mol. The standard InChI is InChI=1S/C17H28ClNO/c1-5-7-13(3)16(19-10-6-2)12-14-11-15(18)8-9-17(14)20-4/h8-9,11,13,16,19H,5-7,10,12H2,1-4H3.